The van der Waals surface area contributed by atoms with Crippen molar-refractivity contribution in [1.29, 1.82) is 0 Å². The Labute approximate surface area is 99.0 Å². The van der Waals surface area contributed by atoms with Gasteiger partial charge < -0.3 is 15.1 Å². The van der Waals surface area contributed by atoms with Crippen LogP contribution in [0.4, 0.5) is 0 Å². The van der Waals surface area contributed by atoms with E-state index in [0.717, 1.165) is 19.5 Å². The van der Waals surface area contributed by atoms with Gasteiger partial charge in [0.1, 0.15) is 0 Å². The number of carbonyl (C=O) groups excluding carboxylic acids is 1. The molecule has 0 unspecified atom stereocenters. The van der Waals surface area contributed by atoms with Crippen LogP contribution in [0.2, 0.25) is 0 Å². The van der Waals surface area contributed by atoms with Gasteiger partial charge in [0, 0.05) is 13.6 Å². The minimum Gasteiger partial charge on any atom is -0.345 e. The van der Waals surface area contributed by atoms with E-state index in [-0.39, 0.29) is 5.91 Å². The van der Waals surface area contributed by atoms with E-state index in [0.29, 0.717) is 6.54 Å². The van der Waals surface area contributed by atoms with E-state index in [9.17, 15) is 4.79 Å². The molecule has 0 aromatic heterocycles. The first-order valence-corrected chi connectivity index (χ1v) is 6.41. The molecule has 0 saturated carbocycles. The lowest BCUT2D eigenvalue weighted by molar-refractivity contribution is -0.128. The highest BCUT2D eigenvalue weighted by atomic mass is 16.2. The summed E-state index contributed by atoms with van der Waals surface area (Å²) in [6, 6.07) is 0. The summed E-state index contributed by atoms with van der Waals surface area (Å²) in [5.74, 6) is 0.184. The summed E-state index contributed by atoms with van der Waals surface area (Å²) in [4.78, 5) is 15.7. The molecule has 0 aromatic carbocycles. The molecule has 1 aliphatic heterocycles. The fraction of sp³-hybridized carbons (Fsp3) is 0.917. The monoisotopic (exact) mass is 227 g/mol. The number of hydrogen-bond donors (Lipinski definition) is 1. The van der Waals surface area contributed by atoms with Crippen molar-refractivity contribution in [1.82, 2.24) is 15.1 Å². The zero-order valence-electron chi connectivity index (χ0n) is 10.7. The van der Waals surface area contributed by atoms with Crippen LogP contribution in [0.5, 0.6) is 0 Å². The van der Waals surface area contributed by atoms with Gasteiger partial charge >= 0.3 is 0 Å². The Morgan fingerprint density at radius 1 is 1.38 bits per heavy atom. The van der Waals surface area contributed by atoms with Crippen molar-refractivity contribution < 1.29 is 4.79 Å². The molecule has 94 valence electrons. The molecule has 1 aliphatic rings. The maximum atomic E-state index is 11.4. The predicted molar refractivity (Wildman–Crippen MR) is 66.5 cm³/mol. The molecule has 1 heterocycles. The quantitative estimate of drug-likeness (QED) is 0.645. The summed E-state index contributed by atoms with van der Waals surface area (Å²) in [7, 11) is 1.84. The van der Waals surface area contributed by atoms with E-state index >= 15 is 0 Å². The molecule has 0 aromatic rings. The number of amides is 1. The normalized spacial score (nSPS) is 16.6. The molecule has 4 nitrogen and oxygen atoms in total. The van der Waals surface area contributed by atoms with Crippen molar-refractivity contribution >= 4 is 5.91 Å². The van der Waals surface area contributed by atoms with Crippen molar-refractivity contribution in [3.05, 3.63) is 0 Å². The molecule has 1 N–H and O–H groups in total. The molecule has 1 amide bonds. The van der Waals surface area contributed by atoms with Crippen LogP contribution >= 0.6 is 0 Å². The third-order valence-corrected chi connectivity index (χ3v) is 3.20. The van der Waals surface area contributed by atoms with E-state index < -0.39 is 0 Å². The van der Waals surface area contributed by atoms with Gasteiger partial charge in [-0.05, 0) is 52.4 Å². The Kier molecular flexibility index (Phi) is 6.42. The first-order chi connectivity index (χ1) is 7.74. The largest absolute Gasteiger partial charge is 0.345 e. The van der Waals surface area contributed by atoms with E-state index in [1.54, 1.807) is 4.90 Å². The Hall–Kier alpha value is -0.610. The highest BCUT2D eigenvalue weighted by molar-refractivity contribution is 5.77. The molecule has 16 heavy (non-hydrogen) atoms. The summed E-state index contributed by atoms with van der Waals surface area (Å²) >= 11 is 0. The predicted octanol–water partition coefficient (Wildman–Crippen LogP) is 0.540. The van der Waals surface area contributed by atoms with Crippen molar-refractivity contribution in [2.24, 2.45) is 0 Å². The minimum atomic E-state index is 0.184. The number of nitrogens with zero attached hydrogens (tertiary/aromatic N) is 2. The van der Waals surface area contributed by atoms with Crippen LogP contribution in [0.3, 0.4) is 0 Å². The highest BCUT2D eigenvalue weighted by Gasteiger charge is 2.10. The lowest BCUT2D eigenvalue weighted by atomic mass is 10.4. The fourth-order valence-corrected chi connectivity index (χ4v) is 1.94. The van der Waals surface area contributed by atoms with Gasteiger partial charge in [-0.2, -0.15) is 0 Å². The maximum Gasteiger partial charge on any atom is 0.236 e. The van der Waals surface area contributed by atoms with Crippen molar-refractivity contribution in [2.75, 3.05) is 46.3 Å². The second-order valence-electron chi connectivity index (χ2n) is 4.49. The Morgan fingerprint density at radius 2 is 2.06 bits per heavy atom. The number of hydrogen-bond acceptors (Lipinski definition) is 3. The van der Waals surface area contributed by atoms with Crippen LogP contribution in [-0.4, -0.2) is 62.0 Å². The summed E-state index contributed by atoms with van der Waals surface area (Å²) < 4.78 is 0. The van der Waals surface area contributed by atoms with Gasteiger partial charge in [-0.1, -0.05) is 0 Å². The number of likely N-dealkylation sites (N-methyl/N-ethyl adjacent to an activating group) is 1. The van der Waals surface area contributed by atoms with Crippen LogP contribution < -0.4 is 5.32 Å². The molecule has 1 fully saturated rings. The zero-order valence-corrected chi connectivity index (χ0v) is 10.7. The van der Waals surface area contributed by atoms with Gasteiger partial charge in [0.15, 0.2) is 0 Å². The second-order valence-corrected chi connectivity index (χ2v) is 4.49. The topological polar surface area (TPSA) is 35.6 Å². The molecule has 1 rings (SSSR count). The molecule has 0 radical (unpaired) electrons. The molecule has 0 spiro atoms. The fourth-order valence-electron chi connectivity index (χ4n) is 1.94. The zero-order chi connectivity index (χ0) is 11.8. The summed E-state index contributed by atoms with van der Waals surface area (Å²) in [6.07, 6.45) is 3.85. The van der Waals surface area contributed by atoms with E-state index in [4.69, 9.17) is 0 Å². The Bertz CT molecular complexity index is 202. The first-order valence-electron chi connectivity index (χ1n) is 6.41. The Balaban J connectivity index is 1.93. The maximum absolute atomic E-state index is 11.4. The van der Waals surface area contributed by atoms with Crippen molar-refractivity contribution in [3.63, 3.8) is 0 Å². The second kappa shape index (κ2) is 7.63. The number of rotatable bonds is 7. The van der Waals surface area contributed by atoms with Crippen LogP contribution in [0, 0.1) is 0 Å². The van der Waals surface area contributed by atoms with Crippen molar-refractivity contribution in [2.45, 2.75) is 26.2 Å². The van der Waals surface area contributed by atoms with Gasteiger partial charge in [-0.25, -0.2) is 0 Å². The third kappa shape index (κ3) is 4.94. The van der Waals surface area contributed by atoms with Crippen LogP contribution in [0.1, 0.15) is 26.2 Å². The van der Waals surface area contributed by atoms with E-state index in [2.05, 4.69) is 10.2 Å². The molecular formula is C12H25N3O. The minimum absolute atomic E-state index is 0.184. The SMILES string of the molecule is CCN(C)C(=O)CNCCCN1CCCC1. The van der Waals surface area contributed by atoms with Crippen LogP contribution in [0.15, 0.2) is 0 Å². The Morgan fingerprint density at radius 3 is 2.69 bits per heavy atom. The van der Waals surface area contributed by atoms with E-state index in [1.165, 1.54) is 32.5 Å². The van der Waals surface area contributed by atoms with Gasteiger partial charge in [0.25, 0.3) is 0 Å². The van der Waals surface area contributed by atoms with Crippen LogP contribution in [0.25, 0.3) is 0 Å². The molecule has 4 heteroatoms. The number of likely N-dealkylation sites (tertiary alicyclic amines) is 1. The molecule has 1 saturated heterocycles. The van der Waals surface area contributed by atoms with Crippen LogP contribution in [-0.2, 0) is 4.79 Å². The molecule has 0 bridgehead atoms. The van der Waals surface area contributed by atoms with Crippen molar-refractivity contribution in [3.8, 4) is 0 Å². The smallest absolute Gasteiger partial charge is 0.236 e. The molecule has 0 aliphatic carbocycles. The number of nitrogens with one attached hydrogen (secondary N) is 1. The van der Waals surface area contributed by atoms with Gasteiger partial charge in [0.05, 0.1) is 6.54 Å². The average Bonchev–Trinajstić information content (AvgIpc) is 2.80. The van der Waals surface area contributed by atoms with Gasteiger partial charge in [-0.15, -0.1) is 0 Å². The van der Waals surface area contributed by atoms with E-state index in [1.807, 2.05) is 14.0 Å². The lowest BCUT2D eigenvalue weighted by Crippen LogP contribution is -2.36. The number of carbonyl (C=O) groups is 1. The summed E-state index contributed by atoms with van der Waals surface area (Å²) in [5.41, 5.74) is 0. The molecule has 0 atom stereocenters. The highest BCUT2D eigenvalue weighted by Crippen LogP contribution is 2.06. The average molecular weight is 227 g/mol. The molecular weight excluding hydrogens is 202 g/mol. The van der Waals surface area contributed by atoms with Gasteiger partial charge in [0.2, 0.25) is 5.91 Å². The van der Waals surface area contributed by atoms with Gasteiger partial charge in [-0.3, -0.25) is 4.79 Å². The third-order valence-electron chi connectivity index (χ3n) is 3.20. The lowest BCUT2D eigenvalue weighted by Gasteiger charge is -2.16. The summed E-state index contributed by atoms with van der Waals surface area (Å²) in [5, 5.41) is 3.21. The standard InChI is InChI=1S/C12H25N3O/c1-3-14(2)12(16)11-13-7-6-10-15-8-4-5-9-15/h13H,3-11H2,1-2H3. The summed E-state index contributed by atoms with van der Waals surface area (Å²) in [6.45, 7) is 7.89. The first kappa shape index (κ1) is 13.5.